The van der Waals surface area contributed by atoms with Gasteiger partial charge in [0, 0.05) is 21.2 Å². The largest absolute Gasteiger partial charge is 0.494 e. The van der Waals surface area contributed by atoms with Crippen LogP contribution >= 0.6 is 15.9 Å². The molecule has 0 aliphatic carbocycles. The van der Waals surface area contributed by atoms with Gasteiger partial charge in [-0.25, -0.2) is 0 Å². The Bertz CT molecular complexity index is 1460. The fraction of sp³-hybridized carbons (Fsp3) is 0.107. The van der Waals surface area contributed by atoms with Gasteiger partial charge >= 0.3 is 0 Å². The van der Waals surface area contributed by atoms with E-state index in [1.165, 1.54) is 0 Å². The topological polar surface area (TPSA) is 48.7 Å². The van der Waals surface area contributed by atoms with E-state index in [1.54, 1.807) is 12.1 Å². The zero-order valence-corrected chi connectivity index (χ0v) is 19.9. The fourth-order valence-electron chi connectivity index (χ4n) is 4.16. The van der Waals surface area contributed by atoms with Gasteiger partial charge in [0.1, 0.15) is 22.8 Å². The highest BCUT2D eigenvalue weighted by molar-refractivity contribution is 9.10. The molecule has 0 unspecified atom stereocenters. The Balaban J connectivity index is 1.79. The third-order valence-electron chi connectivity index (χ3n) is 5.57. The van der Waals surface area contributed by atoms with Gasteiger partial charge in [0.25, 0.3) is 0 Å². The lowest BCUT2D eigenvalue weighted by Gasteiger charge is -2.19. The van der Waals surface area contributed by atoms with Crippen molar-refractivity contribution in [1.29, 1.82) is 0 Å². The van der Waals surface area contributed by atoms with E-state index in [-0.39, 0.29) is 11.5 Å². The Labute approximate surface area is 200 Å². The van der Waals surface area contributed by atoms with Crippen LogP contribution in [0.5, 0.6) is 11.5 Å². The summed E-state index contributed by atoms with van der Waals surface area (Å²) >= 11 is 3.55. The number of allylic oxidation sites excluding steroid dienone is 2. The standard InChI is InChI=1S/C28H21BrO4/c1-4-31-21-10-6-8-19(15-21)26(30)28-24(18-7-5-9-20(29)14-18)25-23(33-28)12-11-22-16(2)13-17(3)32-27(22)25/h5-15H,3-4H2,1-2H3. The Hall–Kier alpha value is -3.57. The molecular formula is C28H21BrO4. The Morgan fingerprint density at radius 2 is 1.91 bits per heavy atom. The van der Waals surface area contributed by atoms with Gasteiger partial charge in [0.15, 0.2) is 5.76 Å². The lowest BCUT2D eigenvalue weighted by Crippen LogP contribution is -2.03. The lowest BCUT2D eigenvalue weighted by atomic mass is 9.94. The van der Waals surface area contributed by atoms with Crippen LogP contribution in [0.3, 0.4) is 0 Å². The molecule has 0 bridgehead atoms. The number of halogens is 1. The smallest absolute Gasteiger partial charge is 0.229 e. The SMILES string of the molecule is C=C1C=C(C)c2ccc3oc(C(=O)c4cccc(OCC)c4)c(-c4cccc(Br)c4)c3c2O1. The molecule has 5 heteroatoms. The summed E-state index contributed by atoms with van der Waals surface area (Å²) in [5, 5.41) is 0.753. The van der Waals surface area contributed by atoms with E-state index in [2.05, 4.69) is 22.5 Å². The van der Waals surface area contributed by atoms with Crippen molar-refractivity contribution in [3.8, 4) is 22.6 Å². The second-order valence-corrected chi connectivity index (χ2v) is 8.73. The van der Waals surface area contributed by atoms with Crippen LogP contribution in [0.1, 0.15) is 35.5 Å². The molecule has 0 amide bonds. The van der Waals surface area contributed by atoms with Gasteiger partial charge in [-0.15, -0.1) is 0 Å². The van der Waals surface area contributed by atoms with Crippen LogP contribution in [0, 0.1) is 0 Å². The third-order valence-corrected chi connectivity index (χ3v) is 6.06. The Kier molecular flexibility index (Phi) is 5.43. The van der Waals surface area contributed by atoms with E-state index in [1.807, 2.05) is 68.5 Å². The van der Waals surface area contributed by atoms with Crippen molar-refractivity contribution >= 4 is 38.3 Å². The second kappa shape index (κ2) is 8.41. The number of rotatable bonds is 5. The molecule has 4 nitrogen and oxygen atoms in total. The summed E-state index contributed by atoms with van der Waals surface area (Å²) < 4.78 is 18.8. The number of benzene rings is 3. The molecule has 0 saturated heterocycles. The number of hydrogen-bond acceptors (Lipinski definition) is 4. The molecule has 0 radical (unpaired) electrons. The number of carbonyl (C=O) groups excluding carboxylic acids is 1. The predicted octanol–water partition coefficient (Wildman–Crippen LogP) is 7.80. The minimum absolute atomic E-state index is 0.224. The molecule has 33 heavy (non-hydrogen) atoms. The summed E-state index contributed by atoms with van der Waals surface area (Å²) in [6.07, 6.45) is 1.90. The van der Waals surface area contributed by atoms with E-state index in [0.717, 1.165) is 26.6 Å². The first-order valence-corrected chi connectivity index (χ1v) is 11.4. The summed E-state index contributed by atoms with van der Waals surface area (Å²) in [7, 11) is 0. The number of carbonyl (C=O) groups is 1. The molecule has 0 fully saturated rings. The average Bonchev–Trinajstić information content (AvgIpc) is 3.19. The normalized spacial score (nSPS) is 12.8. The van der Waals surface area contributed by atoms with Gasteiger partial charge in [0.2, 0.25) is 5.78 Å². The van der Waals surface area contributed by atoms with E-state index in [4.69, 9.17) is 13.9 Å². The summed E-state index contributed by atoms with van der Waals surface area (Å²) in [6, 6.07) is 18.8. The predicted molar refractivity (Wildman–Crippen MR) is 134 cm³/mol. The van der Waals surface area contributed by atoms with E-state index in [0.29, 0.717) is 40.6 Å². The molecule has 164 valence electrons. The third kappa shape index (κ3) is 3.79. The molecule has 3 aromatic carbocycles. The van der Waals surface area contributed by atoms with Gasteiger partial charge in [-0.3, -0.25) is 4.79 Å². The number of ketones is 1. The molecule has 0 saturated carbocycles. The summed E-state index contributed by atoms with van der Waals surface area (Å²) in [5.74, 6) is 1.87. The summed E-state index contributed by atoms with van der Waals surface area (Å²) in [4.78, 5) is 13.7. The lowest BCUT2D eigenvalue weighted by molar-refractivity contribution is 0.101. The van der Waals surface area contributed by atoms with Crippen LogP contribution in [0.15, 0.2) is 88.0 Å². The van der Waals surface area contributed by atoms with E-state index < -0.39 is 0 Å². The summed E-state index contributed by atoms with van der Waals surface area (Å²) in [5.41, 5.74) is 4.60. The molecular weight excluding hydrogens is 480 g/mol. The first kappa shape index (κ1) is 21.3. The fourth-order valence-corrected chi connectivity index (χ4v) is 4.56. The van der Waals surface area contributed by atoms with Crippen molar-refractivity contribution in [2.75, 3.05) is 6.61 Å². The van der Waals surface area contributed by atoms with Gasteiger partial charge < -0.3 is 13.9 Å². The molecule has 4 aromatic rings. The number of fused-ring (bicyclic) bond motifs is 3. The molecule has 5 rings (SSSR count). The van der Waals surface area contributed by atoms with Crippen molar-refractivity contribution in [3.05, 3.63) is 100 Å². The van der Waals surface area contributed by atoms with E-state index in [9.17, 15) is 4.79 Å². The monoisotopic (exact) mass is 500 g/mol. The van der Waals surface area contributed by atoms with Crippen molar-refractivity contribution in [1.82, 2.24) is 0 Å². The van der Waals surface area contributed by atoms with Crippen LogP contribution in [-0.4, -0.2) is 12.4 Å². The highest BCUT2D eigenvalue weighted by Crippen LogP contribution is 2.46. The molecule has 0 atom stereocenters. The number of hydrogen-bond donors (Lipinski definition) is 0. The van der Waals surface area contributed by atoms with Crippen molar-refractivity contribution in [2.45, 2.75) is 13.8 Å². The maximum atomic E-state index is 13.7. The van der Waals surface area contributed by atoms with Crippen LogP contribution < -0.4 is 9.47 Å². The minimum Gasteiger partial charge on any atom is -0.494 e. The zero-order chi connectivity index (χ0) is 23.1. The molecule has 1 aliphatic rings. The van der Waals surface area contributed by atoms with Crippen molar-refractivity contribution in [2.24, 2.45) is 0 Å². The minimum atomic E-state index is -0.224. The average molecular weight is 501 g/mol. The maximum absolute atomic E-state index is 13.7. The van der Waals surface area contributed by atoms with Gasteiger partial charge in [-0.2, -0.15) is 0 Å². The van der Waals surface area contributed by atoms with Crippen LogP contribution in [-0.2, 0) is 0 Å². The van der Waals surface area contributed by atoms with Crippen LogP contribution in [0.4, 0.5) is 0 Å². The van der Waals surface area contributed by atoms with Gasteiger partial charge in [0.05, 0.1) is 12.0 Å². The highest BCUT2D eigenvalue weighted by atomic mass is 79.9. The van der Waals surface area contributed by atoms with Gasteiger partial charge in [-0.1, -0.05) is 46.8 Å². The van der Waals surface area contributed by atoms with Gasteiger partial charge in [-0.05, 0) is 67.5 Å². The van der Waals surface area contributed by atoms with Crippen molar-refractivity contribution in [3.63, 3.8) is 0 Å². The number of ether oxygens (including phenoxy) is 2. The molecule has 0 N–H and O–H groups in total. The Morgan fingerprint density at radius 1 is 1.09 bits per heavy atom. The Morgan fingerprint density at radius 3 is 2.70 bits per heavy atom. The number of furan rings is 1. The zero-order valence-electron chi connectivity index (χ0n) is 18.3. The van der Waals surface area contributed by atoms with Crippen LogP contribution in [0.2, 0.25) is 0 Å². The highest BCUT2D eigenvalue weighted by Gasteiger charge is 2.28. The van der Waals surface area contributed by atoms with Crippen LogP contribution in [0.25, 0.3) is 27.7 Å². The second-order valence-electron chi connectivity index (χ2n) is 7.82. The molecule has 1 aromatic heterocycles. The molecule has 2 heterocycles. The quantitative estimate of drug-likeness (QED) is 0.262. The first-order chi connectivity index (χ1) is 16.0. The van der Waals surface area contributed by atoms with Crippen molar-refractivity contribution < 1.29 is 18.7 Å². The van der Waals surface area contributed by atoms with E-state index >= 15 is 0 Å². The summed E-state index contributed by atoms with van der Waals surface area (Å²) in [6.45, 7) is 8.43. The molecule has 0 spiro atoms. The maximum Gasteiger partial charge on any atom is 0.229 e. The molecule has 1 aliphatic heterocycles. The first-order valence-electron chi connectivity index (χ1n) is 10.6.